The molecular weight excluding hydrogens is 310 g/mol. The van der Waals surface area contributed by atoms with Crippen LogP contribution < -0.4 is 5.32 Å². The third-order valence-corrected chi connectivity index (χ3v) is 5.39. The Labute approximate surface area is 132 Å². The van der Waals surface area contributed by atoms with E-state index in [2.05, 4.69) is 5.32 Å². The van der Waals surface area contributed by atoms with Crippen molar-refractivity contribution >= 4 is 22.4 Å². The number of nitriles is 1. The van der Waals surface area contributed by atoms with E-state index >= 15 is 0 Å². The third-order valence-electron chi connectivity index (χ3n) is 3.47. The highest BCUT2D eigenvalue weighted by molar-refractivity contribution is 7.88. The summed E-state index contributed by atoms with van der Waals surface area (Å²) in [5, 5.41) is 12.1. The standard InChI is InChI=1S/C14H19N3O2S.ClH/c1-11-9-17(12(2)8-16-11)20(18,19)10-14-5-3-4-13(6-14)7-15;/h3-6,11-12,16H,8-10H2,1-2H3;1H. The van der Waals surface area contributed by atoms with E-state index < -0.39 is 10.0 Å². The SMILES string of the molecule is CC1CN(S(=O)(=O)Cc2cccc(C#N)c2)C(C)CN1.Cl. The Morgan fingerprint density at radius 1 is 1.43 bits per heavy atom. The van der Waals surface area contributed by atoms with Gasteiger partial charge in [0, 0.05) is 25.2 Å². The van der Waals surface area contributed by atoms with Crippen LogP contribution in [0.5, 0.6) is 0 Å². The van der Waals surface area contributed by atoms with E-state index in [0.29, 0.717) is 24.2 Å². The number of piperazine rings is 1. The molecule has 1 aliphatic rings. The highest BCUT2D eigenvalue weighted by atomic mass is 35.5. The number of nitrogens with one attached hydrogen (secondary N) is 1. The van der Waals surface area contributed by atoms with Crippen molar-refractivity contribution in [3.8, 4) is 6.07 Å². The number of rotatable bonds is 3. The van der Waals surface area contributed by atoms with Crippen LogP contribution in [-0.4, -0.2) is 37.9 Å². The van der Waals surface area contributed by atoms with Gasteiger partial charge in [-0.1, -0.05) is 12.1 Å². The summed E-state index contributed by atoms with van der Waals surface area (Å²) in [5.74, 6) is -0.0560. The van der Waals surface area contributed by atoms with Crippen molar-refractivity contribution in [2.45, 2.75) is 31.7 Å². The van der Waals surface area contributed by atoms with Crippen molar-refractivity contribution < 1.29 is 8.42 Å². The summed E-state index contributed by atoms with van der Waals surface area (Å²) in [6, 6.07) is 8.91. The topological polar surface area (TPSA) is 73.2 Å². The second-order valence-electron chi connectivity index (χ2n) is 5.30. The van der Waals surface area contributed by atoms with Crippen molar-refractivity contribution in [2.75, 3.05) is 13.1 Å². The normalized spacial score (nSPS) is 23.1. The first kappa shape index (κ1) is 17.9. The van der Waals surface area contributed by atoms with Crippen LogP contribution in [0.25, 0.3) is 0 Å². The maximum Gasteiger partial charge on any atom is 0.218 e. The molecule has 0 bridgehead atoms. The van der Waals surface area contributed by atoms with E-state index in [4.69, 9.17) is 5.26 Å². The van der Waals surface area contributed by atoms with E-state index in [1.165, 1.54) is 0 Å². The van der Waals surface area contributed by atoms with Crippen molar-refractivity contribution in [1.82, 2.24) is 9.62 Å². The van der Waals surface area contributed by atoms with Crippen LogP contribution in [0.4, 0.5) is 0 Å². The molecule has 1 aromatic rings. The van der Waals surface area contributed by atoms with E-state index in [0.717, 1.165) is 0 Å². The zero-order valence-corrected chi connectivity index (χ0v) is 13.7. The van der Waals surface area contributed by atoms with Gasteiger partial charge in [-0.15, -0.1) is 12.4 Å². The molecule has 0 radical (unpaired) electrons. The molecule has 116 valence electrons. The monoisotopic (exact) mass is 329 g/mol. The van der Waals surface area contributed by atoms with Crippen LogP contribution in [0.3, 0.4) is 0 Å². The minimum absolute atomic E-state index is 0. The Morgan fingerprint density at radius 2 is 2.14 bits per heavy atom. The molecular formula is C14H20ClN3O2S. The lowest BCUT2D eigenvalue weighted by Gasteiger charge is -2.36. The van der Waals surface area contributed by atoms with Crippen LogP contribution in [0.1, 0.15) is 25.0 Å². The molecule has 5 nitrogen and oxygen atoms in total. The maximum absolute atomic E-state index is 12.5. The molecule has 0 aromatic heterocycles. The molecule has 1 fully saturated rings. The predicted molar refractivity (Wildman–Crippen MR) is 84.7 cm³/mol. The van der Waals surface area contributed by atoms with E-state index in [1.54, 1.807) is 28.6 Å². The van der Waals surface area contributed by atoms with E-state index in [1.807, 2.05) is 19.9 Å². The van der Waals surface area contributed by atoms with Crippen LogP contribution in [0, 0.1) is 11.3 Å². The van der Waals surface area contributed by atoms with Gasteiger partial charge in [0.15, 0.2) is 0 Å². The van der Waals surface area contributed by atoms with Crippen LogP contribution in [0.15, 0.2) is 24.3 Å². The van der Waals surface area contributed by atoms with Gasteiger partial charge in [-0.05, 0) is 31.5 Å². The molecule has 0 saturated carbocycles. The van der Waals surface area contributed by atoms with Gasteiger partial charge in [0.1, 0.15) is 0 Å². The lowest BCUT2D eigenvalue weighted by Crippen LogP contribution is -2.56. The van der Waals surface area contributed by atoms with Crippen molar-refractivity contribution in [1.29, 1.82) is 5.26 Å². The summed E-state index contributed by atoms with van der Waals surface area (Å²) in [5.41, 5.74) is 1.14. The molecule has 1 aromatic carbocycles. The predicted octanol–water partition coefficient (Wildman–Crippen LogP) is 1.49. The number of hydrogen-bond acceptors (Lipinski definition) is 4. The van der Waals surface area contributed by atoms with Gasteiger partial charge in [-0.25, -0.2) is 8.42 Å². The summed E-state index contributed by atoms with van der Waals surface area (Å²) in [6.45, 7) is 5.03. The molecule has 2 unspecified atom stereocenters. The number of benzene rings is 1. The number of halogens is 1. The average molecular weight is 330 g/mol. The highest BCUT2D eigenvalue weighted by Gasteiger charge is 2.32. The minimum atomic E-state index is -3.36. The first-order valence-electron chi connectivity index (χ1n) is 6.64. The fraction of sp³-hybridized carbons (Fsp3) is 0.500. The van der Waals surface area contributed by atoms with Crippen LogP contribution in [0.2, 0.25) is 0 Å². The molecule has 1 N–H and O–H groups in total. The van der Waals surface area contributed by atoms with Crippen molar-refractivity contribution in [2.24, 2.45) is 0 Å². The van der Waals surface area contributed by atoms with E-state index in [9.17, 15) is 8.42 Å². The zero-order valence-electron chi connectivity index (χ0n) is 12.1. The molecule has 1 aliphatic heterocycles. The summed E-state index contributed by atoms with van der Waals surface area (Å²) in [6.07, 6.45) is 0. The van der Waals surface area contributed by atoms with Gasteiger partial charge < -0.3 is 5.32 Å². The fourth-order valence-corrected chi connectivity index (χ4v) is 4.24. The Kier molecular flexibility index (Phi) is 6.17. The van der Waals surface area contributed by atoms with Gasteiger partial charge in [0.05, 0.1) is 17.4 Å². The number of hydrogen-bond donors (Lipinski definition) is 1. The van der Waals surface area contributed by atoms with Gasteiger partial charge in [0.2, 0.25) is 10.0 Å². The fourth-order valence-electron chi connectivity index (χ4n) is 2.40. The maximum atomic E-state index is 12.5. The largest absolute Gasteiger partial charge is 0.311 e. The zero-order chi connectivity index (χ0) is 14.8. The van der Waals surface area contributed by atoms with Gasteiger partial charge in [-0.2, -0.15) is 9.57 Å². The lowest BCUT2D eigenvalue weighted by atomic mass is 10.2. The van der Waals surface area contributed by atoms with Crippen molar-refractivity contribution in [3.63, 3.8) is 0 Å². The summed E-state index contributed by atoms with van der Waals surface area (Å²) in [4.78, 5) is 0. The number of nitrogens with zero attached hydrogens (tertiary/aromatic N) is 2. The molecule has 0 spiro atoms. The summed E-state index contributed by atoms with van der Waals surface area (Å²) in [7, 11) is -3.36. The minimum Gasteiger partial charge on any atom is -0.311 e. The lowest BCUT2D eigenvalue weighted by molar-refractivity contribution is 0.244. The molecule has 2 rings (SSSR count). The van der Waals surface area contributed by atoms with Crippen LogP contribution in [-0.2, 0) is 15.8 Å². The smallest absolute Gasteiger partial charge is 0.218 e. The third kappa shape index (κ3) is 4.42. The molecule has 1 saturated heterocycles. The Bertz CT molecular complexity index is 627. The van der Waals surface area contributed by atoms with Crippen molar-refractivity contribution in [3.05, 3.63) is 35.4 Å². The van der Waals surface area contributed by atoms with E-state index in [-0.39, 0.29) is 30.2 Å². The first-order valence-corrected chi connectivity index (χ1v) is 8.25. The molecule has 0 amide bonds. The Hall–Kier alpha value is -1.13. The quantitative estimate of drug-likeness (QED) is 0.912. The first-order chi connectivity index (χ1) is 9.42. The molecule has 21 heavy (non-hydrogen) atoms. The number of sulfonamides is 1. The Morgan fingerprint density at radius 3 is 2.81 bits per heavy atom. The summed E-state index contributed by atoms with van der Waals surface area (Å²) < 4.78 is 26.6. The summed E-state index contributed by atoms with van der Waals surface area (Å²) >= 11 is 0. The second kappa shape index (κ2) is 7.23. The molecule has 1 heterocycles. The highest BCUT2D eigenvalue weighted by Crippen LogP contribution is 2.17. The second-order valence-corrected chi connectivity index (χ2v) is 7.22. The Balaban J connectivity index is 0.00000220. The van der Waals surface area contributed by atoms with Crippen LogP contribution >= 0.6 is 12.4 Å². The van der Waals surface area contributed by atoms with Gasteiger partial charge >= 0.3 is 0 Å². The molecule has 0 aliphatic carbocycles. The van der Waals surface area contributed by atoms with Gasteiger partial charge in [-0.3, -0.25) is 0 Å². The molecule has 2 atom stereocenters. The van der Waals surface area contributed by atoms with Gasteiger partial charge in [0.25, 0.3) is 0 Å². The average Bonchev–Trinajstić information content (AvgIpc) is 2.41. The molecule has 7 heteroatoms.